The van der Waals surface area contributed by atoms with Crippen LogP contribution in [0.2, 0.25) is 0 Å². The van der Waals surface area contributed by atoms with Gasteiger partial charge in [-0.1, -0.05) is 65.0 Å². The highest BCUT2D eigenvalue weighted by atomic mass is 16.2. The number of hydrogen-bond donors (Lipinski definition) is 4. The highest BCUT2D eigenvalue weighted by Crippen LogP contribution is 2.21. The number of likely N-dealkylation sites (N-methyl/N-ethyl adjacent to an activating group) is 1. The Hall–Kier alpha value is -3.30. The molecule has 9 nitrogen and oxygen atoms in total. The van der Waals surface area contributed by atoms with Crippen molar-refractivity contribution >= 4 is 34.7 Å². The van der Waals surface area contributed by atoms with Crippen LogP contribution < -0.4 is 21.4 Å². The van der Waals surface area contributed by atoms with Crippen LogP contribution in [0.1, 0.15) is 65.6 Å². The number of aromatic nitrogens is 1. The molecule has 4 N–H and O–H groups in total. The summed E-state index contributed by atoms with van der Waals surface area (Å²) in [7, 11) is 1.58. The Balaban J connectivity index is 1.59. The molecule has 3 amide bonds. The summed E-state index contributed by atoms with van der Waals surface area (Å²) in [6.45, 7) is 13.1. The van der Waals surface area contributed by atoms with Crippen molar-refractivity contribution in [1.29, 1.82) is 0 Å². The molecule has 1 fully saturated rings. The molecular formula is C31H46N6O3. The van der Waals surface area contributed by atoms with Crippen molar-refractivity contribution in [3.63, 3.8) is 0 Å². The van der Waals surface area contributed by atoms with Crippen LogP contribution in [-0.4, -0.2) is 66.0 Å². The van der Waals surface area contributed by atoms with Gasteiger partial charge in [0, 0.05) is 31.2 Å². The molecule has 218 valence electrons. The summed E-state index contributed by atoms with van der Waals surface area (Å²) in [5, 5.41) is 11.5. The maximum atomic E-state index is 13.2. The highest BCUT2D eigenvalue weighted by Gasteiger charge is 2.32. The molecule has 3 rings (SSSR count). The molecule has 3 atom stereocenters. The predicted octanol–water partition coefficient (Wildman–Crippen LogP) is 3.20. The van der Waals surface area contributed by atoms with E-state index in [9.17, 15) is 14.4 Å². The number of rotatable bonds is 11. The Morgan fingerprint density at radius 3 is 2.58 bits per heavy atom. The maximum Gasteiger partial charge on any atom is 0.258 e. The summed E-state index contributed by atoms with van der Waals surface area (Å²) in [6, 6.07) is 8.81. The lowest BCUT2D eigenvalue weighted by atomic mass is 9.90. The molecule has 1 aromatic carbocycles. The van der Waals surface area contributed by atoms with Gasteiger partial charge in [0.05, 0.1) is 11.6 Å². The lowest BCUT2D eigenvalue weighted by molar-refractivity contribution is -0.143. The minimum atomic E-state index is -0.728. The molecule has 9 heteroatoms. The molecule has 2 heterocycles. The Bertz CT molecular complexity index is 1220. The standard InChI is InChI=1S/C31H46N6O3/c1-8-24-14-13-23-12-11-22(18-26(23)35-24)15-16-31(5,6)19-33-27(20(2)3)29(39)34-21(4)30(40)37-17-9-10-25(36-37)28(38)32-7/h11-16,18,20-21,25,27,33,36H,8-10,17,19H2,1-7H3,(H,32,38)(H,34,39)/b16-15+/t21-,25-,27?/m0/s1. The van der Waals surface area contributed by atoms with Crippen LogP contribution >= 0.6 is 0 Å². The van der Waals surface area contributed by atoms with Gasteiger partial charge in [0.15, 0.2) is 0 Å². The van der Waals surface area contributed by atoms with Crippen LogP contribution in [0.3, 0.4) is 0 Å². The summed E-state index contributed by atoms with van der Waals surface area (Å²) in [4.78, 5) is 43.0. The molecule has 40 heavy (non-hydrogen) atoms. The average molecular weight is 551 g/mol. The van der Waals surface area contributed by atoms with Gasteiger partial charge in [-0.2, -0.15) is 0 Å². The second kappa shape index (κ2) is 13.9. The average Bonchev–Trinajstić information content (AvgIpc) is 2.94. The molecule has 1 unspecified atom stereocenters. The number of hydrogen-bond acceptors (Lipinski definition) is 6. The first-order valence-electron chi connectivity index (χ1n) is 14.4. The summed E-state index contributed by atoms with van der Waals surface area (Å²) in [5.74, 6) is -0.614. The van der Waals surface area contributed by atoms with Gasteiger partial charge < -0.3 is 16.0 Å². The van der Waals surface area contributed by atoms with E-state index in [2.05, 4.69) is 84.6 Å². The third-order valence-corrected chi connectivity index (χ3v) is 7.33. The van der Waals surface area contributed by atoms with Crippen LogP contribution in [0.4, 0.5) is 0 Å². The van der Waals surface area contributed by atoms with Gasteiger partial charge in [-0.05, 0) is 55.2 Å². The molecule has 0 aliphatic carbocycles. The number of carbonyl (C=O) groups is 3. The van der Waals surface area contributed by atoms with Crippen LogP contribution in [0, 0.1) is 11.3 Å². The number of aryl methyl sites for hydroxylation is 1. The van der Waals surface area contributed by atoms with Crippen molar-refractivity contribution in [2.45, 2.75) is 78.9 Å². The topological polar surface area (TPSA) is 115 Å². The van der Waals surface area contributed by atoms with Gasteiger partial charge in [-0.3, -0.25) is 24.4 Å². The van der Waals surface area contributed by atoms with E-state index in [1.54, 1.807) is 14.0 Å². The smallest absolute Gasteiger partial charge is 0.258 e. The van der Waals surface area contributed by atoms with Crippen molar-refractivity contribution in [3.8, 4) is 0 Å². The zero-order chi connectivity index (χ0) is 29.4. The molecule has 1 aromatic heterocycles. The van der Waals surface area contributed by atoms with E-state index in [1.807, 2.05) is 13.8 Å². The molecule has 0 bridgehead atoms. The number of pyridine rings is 1. The molecule has 0 radical (unpaired) electrons. The fourth-order valence-corrected chi connectivity index (χ4v) is 4.77. The van der Waals surface area contributed by atoms with Gasteiger partial charge in [0.1, 0.15) is 12.1 Å². The second-order valence-electron chi connectivity index (χ2n) is 11.7. The molecule has 0 spiro atoms. The molecular weight excluding hydrogens is 504 g/mol. The van der Waals surface area contributed by atoms with Crippen LogP contribution in [0.25, 0.3) is 17.0 Å². The van der Waals surface area contributed by atoms with Crippen molar-refractivity contribution in [2.75, 3.05) is 20.1 Å². The Morgan fingerprint density at radius 2 is 1.90 bits per heavy atom. The number of nitrogens with zero attached hydrogens (tertiary/aromatic N) is 2. The summed E-state index contributed by atoms with van der Waals surface area (Å²) >= 11 is 0. The summed E-state index contributed by atoms with van der Waals surface area (Å²) in [6.07, 6.45) is 6.53. The minimum Gasteiger partial charge on any atom is -0.358 e. The number of carbonyl (C=O) groups excluding carboxylic acids is 3. The molecule has 0 saturated carbocycles. The van der Waals surface area contributed by atoms with Crippen LogP contribution in [0.15, 0.2) is 36.4 Å². The number of benzene rings is 1. The first-order valence-corrected chi connectivity index (χ1v) is 14.4. The fourth-order valence-electron chi connectivity index (χ4n) is 4.77. The van der Waals surface area contributed by atoms with Crippen LogP contribution in [0.5, 0.6) is 0 Å². The van der Waals surface area contributed by atoms with E-state index >= 15 is 0 Å². The quantitative estimate of drug-likeness (QED) is 0.342. The van der Waals surface area contributed by atoms with Gasteiger partial charge in [0.2, 0.25) is 11.8 Å². The van der Waals surface area contributed by atoms with E-state index in [-0.39, 0.29) is 29.1 Å². The summed E-state index contributed by atoms with van der Waals surface area (Å²) in [5.41, 5.74) is 5.91. The predicted molar refractivity (Wildman–Crippen MR) is 160 cm³/mol. The normalized spacial score (nSPS) is 17.7. The molecule has 1 aliphatic rings. The lowest BCUT2D eigenvalue weighted by Crippen LogP contribution is -2.61. The zero-order valence-corrected chi connectivity index (χ0v) is 25.0. The van der Waals surface area contributed by atoms with E-state index < -0.39 is 18.1 Å². The minimum absolute atomic E-state index is 0.0205. The molecule has 1 aliphatic heterocycles. The van der Waals surface area contributed by atoms with Crippen molar-refractivity contribution < 1.29 is 14.4 Å². The zero-order valence-electron chi connectivity index (χ0n) is 25.0. The van der Waals surface area contributed by atoms with Crippen LogP contribution in [-0.2, 0) is 20.8 Å². The van der Waals surface area contributed by atoms with Gasteiger partial charge in [-0.15, -0.1) is 0 Å². The number of amides is 3. The monoisotopic (exact) mass is 550 g/mol. The first-order chi connectivity index (χ1) is 18.9. The second-order valence-corrected chi connectivity index (χ2v) is 11.7. The molecule has 1 saturated heterocycles. The van der Waals surface area contributed by atoms with Gasteiger partial charge >= 0.3 is 0 Å². The summed E-state index contributed by atoms with van der Waals surface area (Å²) < 4.78 is 0. The van der Waals surface area contributed by atoms with E-state index in [4.69, 9.17) is 4.98 Å². The van der Waals surface area contributed by atoms with Crippen molar-refractivity contribution in [3.05, 3.63) is 47.7 Å². The Morgan fingerprint density at radius 1 is 1.18 bits per heavy atom. The number of fused-ring (bicyclic) bond motifs is 1. The van der Waals surface area contributed by atoms with E-state index in [0.29, 0.717) is 25.9 Å². The number of nitrogens with one attached hydrogen (secondary N) is 4. The van der Waals surface area contributed by atoms with E-state index in [1.165, 1.54) is 5.01 Å². The third-order valence-electron chi connectivity index (χ3n) is 7.33. The Kier molecular flexibility index (Phi) is 10.8. The van der Waals surface area contributed by atoms with Gasteiger partial charge in [-0.25, -0.2) is 5.43 Å². The maximum absolute atomic E-state index is 13.2. The Labute approximate surface area is 238 Å². The largest absolute Gasteiger partial charge is 0.358 e. The van der Waals surface area contributed by atoms with Crippen molar-refractivity contribution in [1.82, 2.24) is 31.4 Å². The first kappa shape index (κ1) is 31.2. The number of hydrazine groups is 1. The third kappa shape index (κ3) is 8.35. The molecule has 2 aromatic rings. The lowest BCUT2D eigenvalue weighted by Gasteiger charge is -2.35. The SMILES string of the molecule is CCc1ccc2ccc(/C=C/C(C)(C)CNC(C(=O)N[C@@H](C)C(=O)N3CCC[C@@H](C(=O)NC)N3)C(C)C)cc2n1. The highest BCUT2D eigenvalue weighted by molar-refractivity contribution is 5.90. The fraction of sp³-hybridized carbons (Fsp3) is 0.548. The van der Waals surface area contributed by atoms with E-state index in [0.717, 1.165) is 28.6 Å². The van der Waals surface area contributed by atoms with Gasteiger partial charge in [0.25, 0.3) is 5.91 Å². The van der Waals surface area contributed by atoms with Crippen molar-refractivity contribution in [2.24, 2.45) is 11.3 Å².